The summed E-state index contributed by atoms with van der Waals surface area (Å²) >= 11 is 0. The summed E-state index contributed by atoms with van der Waals surface area (Å²) in [5.41, 5.74) is 7.45. The summed E-state index contributed by atoms with van der Waals surface area (Å²) in [5.74, 6) is -0.0596. The molecule has 0 aliphatic rings. The lowest BCUT2D eigenvalue weighted by atomic mass is 10.1. The minimum atomic E-state index is -0.340. The fraction of sp³-hybridized carbons (Fsp3) is 0.429. The third kappa shape index (κ3) is 3.71. The number of likely N-dealkylation sites (N-methyl/N-ethyl adjacent to an activating group) is 1. The van der Waals surface area contributed by atoms with Crippen LogP contribution >= 0.6 is 0 Å². The molecular weight excluding hydrogens is 242 g/mol. The van der Waals surface area contributed by atoms with Gasteiger partial charge in [-0.15, -0.1) is 0 Å². The van der Waals surface area contributed by atoms with Crippen LogP contribution in [0.15, 0.2) is 18.2 Å². The Kier molecular flexibility index (Phi) is 4.92. The molecule has 5 heteroatoms. The molecule has 1 rings (SSSR count). The zero-order valence-electron chi connectivity index (χ0n) is 11.9. The molecular formula is C14H21N3O2. The summed E-state index contributed by atoms with van der Waals surface area (Å²) in [5, 5.41) is 3.08. The van der Waals surface area contributed by atoms with E-state index in [1.807, 2.05) is 6.92 Å². The molecule has 0 saturated carbocycles. The number of benzene rings is 1. The Balaban J connectivity index is 2.81. The largest absolute Gasteiger partial charge is 0.398 e. The number of nitrogens with zero attached hydrogens (tertiary/aromatic N) is 1. The van der Waals surface area contributed by atoms with Crippen LogP contribution in [-0.4, -0.2) is 36.2 Å². The van der Waals surface area contributed by atoms with Crippen molar-refractivity contribution in [1.82, 2.24) is 4.90 Å². The number of anilines is 2. The molecule has 104 valence electrons. The minimum absolute atomic E-state index is 0.0108. The van der Waals surface area contributed by atoms with Gasteiger partial charge >= 0.3 is 0 Å². The fourth-order valence-corrected chi connectivity index (χ4v) is 1.77. The van der Waals surface area contributed by atoms with Crippen molar-refractivity contribution in [3.8, 4) is 0 Å². The molecule has 0 saturated heterocycles. The van der Waals surface area contributed by atoms with Crippen molar-refractivity contribution < 1.29 is 9.59 Å². The maximum atomic E-state index is 11.9. The number of carbonyl (C=O) groups excluding carboxylic acids is 2. The van der Waals surface area contributed by atoms with Gasteiger partial charge in [0.2, 0.25) is 5.91 Å². The highest BCUT2D eigenvalue weighted by molar-refractivity contribution is 5.99. The van der Waals surface area contributed by atoms with Gasteiger partial charge in [0.05, 0.1) is 0 Å². The van der Waals surface area contributed by atoms with Crippen LogP contribution in [0.1, 0.15) is 31.1 Å². The molecule has 0 aromatic heterocycles. The highest BCUT2D eigenvalue weighted by Crippen LogP contribution is 2.19. The maximum Gasteiger partial charge on any atom is 0.244 e. The van der Waals surface area contributed by atoms with E-state index < -0.39 is 0 Å². The maximum absolute atomic E-state index is 11.9. The normalized spacial score (nSPS) is 11.8. The number of nitrogen functional groups attached to an aromatic ring is 1. The molecule has 0 radical (unpaired) electrons. The molecule has 19 heavy (non-hydrogen) atoms. The lowest BCUT2D eigenvalue weighted by Gasteiger charge is -2.21. The number of carbonyl (C=O) groups is 2. The van der Waals surface area contributed by atoms with Gasteiger partial charge in [-0.25, -0.2) is 0 Å². The van der Waals surface area contributed by atoms with E-state index in [2.05, 4.69) is 5.32 Å². The number of amides is 1. The van der Waals surface area contributed by atoms with Crippen LogP contribution in [-0.2, 0) is 4.79 Å². The van der Waals surface area contributed by atoms with Gasteiger partial charge in [-0.05, 0) is 39.0 Å². The van der Waals surface area contributed by atoms with E-state index >= 15 is 0 Å². The van der Waals surface area contributed by atoms with Crippen molar-refractivity contribution in [2.75, 3.05) is 24.6 Å². The van der Waals surface area contributed by atoms with E-state index in [1.54, 1.807) is 37.1 Å². The van der Waals surface area contributed by atoms with E-state index in [-0.39, 0.29) is 17.7 Å². The molecule has 5 nitrogen and oxygen atoms in total. The van der Waals surface area contributed by atoms with Crippen LogP contribution < -0.4 is 11.1 Å². The summed E-state index contributed by atoms with van der Waals surface area (Å²) in [6.07, 6.45) is 0. The van der Waals surface area contributed by atoms with Crippen molar-refractivity contribution in [2.24, 2.45) is 0 Å². The first kappa shape index (κ1) is 15.0. The Morgan fingerprint density at radius 3 is 2.53 bits per heavy atom. The molecule has 3 N–H and O–H groups in total. The first-order valence-corrected chi connectivity index (χ1v) is 6.28. The predicted octanol–water partition coefficient (Wildman–Crippen LogP) is 1.75. The second-order valence-electron chi connectivity index (χ2n) is 4.58. The first-order valence-electron chi connectivity index (χ1n) is 6.28. The summed E-state index contributed by atoms with van der Waals surface area (Å²) < 4.78 is 0. The number of nitrogens with two attached hydrogens (primary N) is 1. The third-order valence-electron chi connectivity index (χ3n) is 3.04. The van der Waals surface area contributed by atoms with Gasteiger partial charge in [-0.1, -0.05) is 0 Å². The summed E-state index contributed by atoms with van der Waals surface area (Å²) in [4.78, 5) is 24.8. The number of nitrogens with one attached hydrogen (secondary N) is 1. The predicted molar refractivity (Wildman–Crippen MR) is 77.3 cm³/mol. The number of rotatable bonds is 5. The van der Waals surface area contributed by atoms with Gasteiger partial charge in [0.1, 0.15) is 6.04 Å². The second-order valence-corrected chi connectivity index (χ2v) is 4.58. The van der Waals surface area contributed by atoms with Crippen molar-refractivity contribution in [2.45, 2.75) is 26.8 Å². The second kappa shape index (κ2) is 6.22. The standard InChI is InChI=1S/C14H21N3O2/c1-5-17(4)14(19)9(2)16-11-6-7-12(10(3)18)13(15)8-11/h6-9,16H,5,15H2,1-4H3. The quantitative estimate of drug-likeness (QED) is 0.627. The Bertz CT molecular complexity index is 486. The van der Waals surface area contributed by atoms with Gasteiger partial charge in [0.15, 0.2) is 5.78 Å². The Morgan fingerprint density at radius 2 is 2.05 bits per heavy atom. The summed E-state index contributed by atoms with van der Waals surface area (Å²) in [7, 11) is 1.76. The van der Waals surface area contributed by atoms with E-state index in [1.165, 1.54) is 6.92 Å². The van der Waals surface area contributed by atoms with Crippen LogP contribution in [0.2, 0.25) is 0 Å². The molecule has 0 bridgehead atoms. The van der Waals surface area contributed by atoms with E-state index in [9.17, 15) is 9.59 Å². The van der Waals surface area contributed by atoms with Crippen LogP contribution in [0.5, 0.6) is 0 Å². The number of Topliss-reactive ketones (excluding diaryl/α,β-unsaturated/α-hetero) is 1. The highest BCUT2D eigenvalue weighted by atomic mass is 16.2. The lowest BCUT2D eigenvalue weighted by molar-refractivity contribution is -0.130. The Labute approximate surface area is 113 Å². The van der Waals surface area contributed by atoms with Gasteiger partial charge in [0.25, 0.3) is 0 Å². The van der Waals surface area contributed by atoms with Crippen molar-refractivity contribution in [3.05, 3.63) is 23.8 Å². The number of hydrogen-bond donors (Lipinski definition) is 2. The van der Waals surface area contributed by atoms with Crippen molar-refractivity contribution in [1.29, 1.82) is 0 Å². The zero-order valence-corrected chi connectivity index (χ0v) is 11.9. The fourth-order valence-electron chi connectivity index (χ4n) is 1.77. The van der Waals surface area contributed by atoms with E-state index in [0.717, 1.165) is 5.69 Å². The molecule has 1 aromatic rings. The van der Waals surface area contributed by atoms with Crippen LogP contribution in [0, 0.1) is 0 Å². The van der Waals surface area contributed by atoms with Crippen LogP contribution in [0.3, 0.4) is 0 Å². The van der Waals surface area contributed by atoms with Gasteiger partial charge in [0, 0.05) is 30.5 Å². The Hall–Kier alpha value is -2.04. The zero-order chi connectivity index (χ0) is 14.6. The smallest absolute Gasteiger partial charge is 0.244 e. The highest BCUT2D eigenvalue weighted by Gasteiger charge is 2.16. The summed E-state index contributed by atoms with van der Waals surface area (Å²) in [6.45, 7) is 5.85. The molecule has 0 aliphatic carbocycles. The minimum Gasteiger partial charge on any atom is -0.398 e. The lowest BCUT2D eigenvalue weighted by Crippen LogP contribution is -2.38. The van der Waals surface area contributed by atoms with Gasteiger partial charge in [-0.2, -0.15) is 0 Å². The van der Waals surface area contributed by atoms with Gasteiger partial charge in [-0.3, -0.25) is 9.59 Å². The Morgan fingerprint density at radius 1 is 1.42 bits per heavy atom. The van der Waals surface area contributed by atoms with Crippen molar-refractivity contribution in [3.63, 3.8) is 0 Å². The molecule has 0 fully saturated rings. The topological polar surface area (TPSA) is 75.4 Å². The first-order chi connectivity index (χ1) is 8.86. The molecule has 1 aromatic carbocycles. The molecule has 1 amide bonds. The SMILES string of the molecule is CCN(C)C(=O)C(C)Nc1ccc(C(C)=O)c(N)c1. The third-order valence-corrected chi connectivity index (χ3v) is 3.04. The molecule has 0 aliphatic heterocycles. The summed E-state index contributed by atoms with van der Waals surface area (Å²) in [6, 6.07) is 4.75. The molecule has 0 heterocycles. The van der Waals surface area contributed by atoms with E-state index in [4.69, 9.17) is 5.73 Å². The van der Waals surface area contributed by atoms with Crippen LogP contribution in [0.4, 0.5) is 11.4 Å². The number of hydrogen-bond acceptors (Lipinski definition) is 4. The average molecular weight is 263 g/mol. The monoisotopic (exact) mass is 263 g/mol. The number of ketones is 1. The van der Waals surface area contributed by atoms with E-state index in [0.29, 0.717) is 17.8 Å². The van der Waals surface area contributed by atoms with Crippen LogP contribution in [0.25, 0.3) is 0 Å². The molecule has 1 atom stereocenters. The molecule has 1 unspecified atom stereocenters. The van der Waals surface area contributed by atoms with Crippen molar-refractivity contribution >= 4 is 23.1 Å². The molecule has 0 spiro atoms. The van der Waals surface area contributed by atoms with Gasteiger partial charge < -0.3 is 16.0 Å². The average Bonchev–Trinajstić information content (AvgIpc) is 2.36.